The van der Waals surface area contributed by atoms with Gasteiger partial charge in [0.2, 0.25) is 17.7 Å². The number of carboxylic acid groups (broad SMARTS) is 1. The topological polar surface area (TPSA) is 125 Å². The fraction of sp³-hybridized carbons (Fsp3) is 0.565. The minimum absolute atomic E-state index is 0.000634. The van der Waals surface area contributed by atoms with Crippen molar-refractivity contribution in [1.29, 1.82) is 0 Å². The van der Waals surface area contributed by atoms with Gasteiger partial charge in [-0.05, 0) is 25.3 Å². The molecule has 0 unspecified atom stereocenters. The molecule has 2 rings (SSSR count). The van der Waals surface area contributed by atoms with Crippen molar-refractivity contribution in [2.75, 3.05) is 7.11 Å². The van der Waals surface area contributed by atoms with Crippen LogP contribution in [0.4, 0.5) is 8.78 Å². The summed E-state index contributed by atoms with van der Waals surface area (Å²) in [5.74, 6) is -5.24. The number of likely N-dealkylation sites (tertiary alicyclic amines) is 1. The lowest BCUT2D eigenvalue weighted by Crippen LogP contribution is -2.57. The molecule has 1 heterocycles. The monoisotopic (exact) mass is 483 g/mol. The van der Waals surface area contributed by atoms with E-state index < -0.39 is 59.6 Å². The van der Waals surface area contributed by atoms with Crippen LogP contribution in [-0.2, 0) is 30.5 Å². The summed E-state index contributed by atoms with van der Waals surface area (Å²) in [7, 11) is 1.35. The van der Waals surface area contributed by atoms with Crippen LogP contribution in [0.5, 0.6) is 0 Å². The van der Waals surface area contributed by atoms with Crippen LogP contribution in [0.25, 0.3) is 0 Å². The lowest BCUT2D eigenvalue weighted by molar-refractivity contribution is -0.144. The largest absolute Gasteiger partial charge is 0.480 e. The molecular formula is C23H31F2N3O6. The molecule has 0 aromatic heterocycles. The number of amides is 3. The van der Waals surface area contributed by atoms with Gasteiger partial charge in [-0.3, -0.25) is 14.4 Å². The van der Waals surface area contributed by atoms with Gasteiger partial charge in [-0.1, -0.05) is 26.0 Å². The number of carboxylic acids is 1. The summed E-state index contributed by atoms with van der Waals surface area (Å²) in [6.07, 6.45) is -0.445. The lowest BCUT2D eigenvalue weighted by Gasteiger charge is -2.28. The molecular weight excluding hydrogens is 452 g/mol. The highest BCUT2D eigenvalue weighted by Gasteiger charge is 2.36. The van der Waals surface area contributed by atoms with Gasteiger partial charge in [0.25, 0.3) is 0 Å². The number of benzene rings is 1. The quantitative estimate of drug-likeness (QED) is 0.439. The van der Waals surface area contributed by atoms with Crippen LogP contribution in [-0.4, -0.2) is 65.0 Å². The molecule has 4 atom stereocenters. The third-order valence-electron chi connectivity index (χ3n) is 5.92. The van der Waals surface area contributed by atoms with E-state index in [1.807, 2.05) is 0 Å². The highest BCUT2D eigenvalue weighted by Crippen LogP contribution is 2.25. The van der Waals surface area contributed by atoms with Crippen LogP contribution in [0, 0.1) is 17.6 Å². The lowest BCUT2D eigenvalue weighted by atomic mass is 10.0. The van der Waals surface area contributed by atoms with Gasteiger partial charge < -0.3 is 25.4 Å². The van der Waals surface area contributed by atoms with Gasteiger partial charge in [0.15, 0.2) is 11.6 Å². The number of rotatable bonds is 11. The van der Waals surface area contributed by atoms with E-state index in [0.29, 0.717) is 6.42 Å². The standard InChI is InChI=1S/C23H31F2N3O6/c1-12(2)20(23(32)33)27-22(31)21(13(3)34-4)26-17(29)10-15-8-9-18(30)28(15)11-14-6-5-7-16(24)19(14)25/h5-7,12-13,15,20-21H,8-11H2,1-4H3,(H,26,29)(H,27,31)(H,32,33)/t13-,15+,20+,21+/m1/s1. The maximum absolute atomic E-state index is 14.1. The Kier molecular flexibility index (Phi) is 9.48. The molecule has 1 aromatic carbocycles. The van der Waals surface area contributed by atoms with Gasteiger partial charge in [0.05, 0.1) is 6.10 Å². The third kappa shape index (κ3) is 6.72. The maximum Gasteiger partial charge on any atom is 0.326 e. The molecule has 1 saturated heterocycles. The number of halogens is 2. The Bertz CT molecular complexity index is 926. The molecule has 1 aromatic rings. The Balaban J connectivity index is 2.10. The number of carbonyl (C=O) groups is 4. The number of nitrogens with zero attached hydrogens (tertiary/aromatic N) is 1. The first-order valence-electron chi connectivity index (χ1n) is 11.0. The van der Waals surface area contributed by atoms with E-state index in [9.17, 15) is 33.1 Å². The van der Waals surface area contributed by atoms with E-state index in [-0.39, 0.29) is 30.9 Å². The van der Waals surface area contributed by atoms with E-state index in [2.05, 4.69) is 10.6 Å². The summed E-state index contributed by atoms with van der Waals surface area (Å²) in [6.45, 7) is 4.64. The van der Waals surface area contributed by atoms with Crippen LogP contribution in [0.3, 0.4) is 0 Å². The van der Waals surface area contributed by atoms with Gasteiger partial charge in [0, 0.05) is 38.1 Å². The van der Waals surface area contributed by atoms with Gasteiger partial charge in [-0.25, -0.2) is 13.6 Å². The molecule has 34 heavy (non-hydrogen) atoms. The molecule has 1 aliphatic rings. The van der Waals surface area contributed by atoms with Gasteiger partial charge in [-0.15, -0.1) is 0 Å². The van der Waals surface area contributed by atoms with Gasteiger partial charge in [0.1, 0.15) is 12.1 Å². The average molecular weight is 484 g/mol. The summed E-state index contributed by atoms with van der Waals surface area (Å²) in [6, 6.07) is 0.789. The second kappa shape index (κ2) is 11.9. The molecule has 188 valence electrons. The summed E-state index contributed by atoms with van der Waals surface area (Å²) >= 11 is 0. The van der Waals surface area contributed by atoms with Crippen molar-refractivity contribution >= 4 is 23.7 Å². The molecule has 1 fully saturated rings. The fourth-order valence-corrected chi connectivity index (χ4v) is 3.81. The molecule has 1 aliphatic heterocycles. The Hall–Kier alpha value is -3.08. The first-order valence-corrected chi connectivity index (χ1v) is 11.0. The van der Waals surface area contributed by atoms with E-state index in [1.54, 1.807) is 20.8 Å². The number of aliphatic carboxylic acids is 1. The van der Waals surface area contributed by atoms with Crippen molar-refractivity contribution < 1.29 is 37.8 Å². The number of hydrogen-bond acceptors (Lipinski definition) is 5. The van der Waals surface area contributed by atoms with Crippen molar-refractivity contribution in [3.63, 3.8) is 0 Å². The maximum atomic E-state index is 14.1. The summed E-state index contributed by atoms with van der Waals surface area (Å²) < 4.78 is 32.8. The number of nitrogens with one attached hydrogen (secondary N) is 2. The predicted octanol–water partition coefficient (Wildman–Crippen LogP) is 1.59. The summed E-state index contributed by atoms with van der Waals surface area (Å²) in [5.41, 5.74) is -0.000634. The normalized spacial score (nSPS) is 18.5. The number of methoxy groups -OCH3 is 1. The highest BCUT2D eigenvalue weighted by molar-refractivity contribution is 5.91. The molecule has 0 spiro atoms. The molecule has 0 bridgehead atoms. The molecule has 0 radical (unpaired) electrons. The van der Waals surface area contributed by atoms with E-state index in [4.69, 9.17) is 4.74 Å². The SMILES string of the molecule is CO[C@H](C)[C@H](NC(=O)C[C@@H]1CCC(=O)N1Cc1cccc(F)c1F)C(=O)N[C@H](C(=O)O)C(C)C. The minimum atomic E-state index is -1.21. The summed E-state index contributed by atoms with van der Waals surface area (Å²) in [4.78, 5) is 50.6. The molecule has 3 N–H and O–H groups in total. The molecule has 3 amide bonds. The van der Waals surface area contributed by atoms with Gasteiger partial charge >= 0.3 is 5.97 Å². The fourth-order valence-electron chi connectivity index (χ4n) is 3.81. The van der Waals surface area contributed by atoms with Gasteiger partial charge in [-0.2, -0.15) is 0 Å². The number of hydrogen-bond donors (Lipinski definition) is 3. The molecule has 11 heteroatoms. The zero-order chi connectivity index (χ0) is 25.6. The second-order valence-electron chi connectivity index (χ2n) is 8.69. The second-order valence-corrected chi connectivity index (χ2v) is 8.69. The zero-order valence-electron chi connectivity index (χ0n) is 19.6. The first kappa shape index (κ1) is 27.2. The third-order valence-corrected chi connectivity index (χ3v) is 5.92. The van der Waals surface area contributed by atoms with Crippen LogP contribution in [0.2, 0.25) is 0 Å². The van der Waals surface area contributed by atoms with Crippen LogP contribution in [0.1, 0.15) is 45.6 Å². The van der Waals surface area contributed by atoms with E-state index in [0.717, 1.165) is 6.07 Å². The Morgan fingerprint density at radius 3 is 2.44 bits per heavy atom. The Morgan fingerprint density at radius 2 is 1.85 bits per heavy atom. The van der Waals surface area contributed by atoms with Crippen molar-refractivity contribution in [2.24, 2.45) is 5.92 Å². The smallest absolute Gasteiger partial charge is 0.326 e. The van der Waals surface area contributed by atoms with E-state index >= 15 is 0 Å². The molecule has 0 saturated carbocycles. The summed E-state index contributed by atoms with van der Waals surface area (Å²) in [5, 5.41) is 14.3. The molecule has 9 nitrogen and oxygen atoms in total. The Labute approximate surface area is 196 Å². The average Bonchev–Trinajstić information content (AvgIpc) is 3.11. The van der Waals surface area contributed by atoms with Crippen molar-refractivity contribution in [3.8, 4) is 0 Å². The van der Waals surface area contributed by atoms with Crippen LogP contribution in [0.15, 0.2) is 18.2 Å². The Morgan fingerprint density at radius 1 is 1.18 bits per heavy atom. The van der Waals surface area contributed by atoms with Crippen molar-refractivity contribution in [3.05, 3.63) is 35.4 Å². The minimum Gasteiger partial charge on any atom is -0.480 e. The zero-order valence-corrected chi connectivity index (χ0v) is 19.6. The first-order chi connectivity index (χ1) is 16.0. The van der Waals surface area contributed by atoms with Crippen molar-refractivity contribution in [2.45, 2.75) is 70.8 Å². The predicted molar refractivity (Wildman–Crippen MR) is 117 cm³/mol. The highest BCUT2D eigenvalue weighted by atomic mass is 19.2. The van der Waals surface area contributed by atoms with Crippen LogP contribution < -0.4 is 10.6 Å². The van der Waals surface area contributed by atoms with Crippen molar-refractivity contribution in [1.82, 2.24) is 15.5 Å². The van der Waals surface area contributed by atoms with E-state index in [1.165, 1.54) is 24.1 Å². The number of carbonyl (C=O) groups excluding carboxylic acids is 3. The molecule has 0 aliphatic carbocycles. The van der Waals surface area contributed by atoms with Crippen LogP contribution >= 0.6 is 0 Å². The number of ether oxygens (including phenoxy) is 1.